The van der Waals surface area contributed by atoms with Crippen LogP contribution >= 0.6 is 0 Å². The Labute approximate surface area is 90.9 Å². The number of hydrogen-bond acceptors (Lipinski definition) is 3. The van der Waals surface area contributed by atoms with E-state index >= 15 is 0 Å². The van der Waals surface area contributed by atoms with Crippen LogP contribution in [0.5, 0.6) is 0 Å². The number of nitrogens with zero attached hydrogens (tertiary/aromatic N) is 2. The van der Waals surface area contributed by atoms with Crippen LogP contribution < -0.4 is 0 Å². The fraction of sp³-hybridized carbons (Fsp3) is 0.727. The van der Waals surface area contributed by atoms with Crippen molar-refractivity contribution in [3.05, 3.63) is 18.0 Å². The molecule has 2 atom stereocenters. The van der Waals surface area contributed by atoms with Crippen molar-refractivity contribution in [1.29, 1.82) is 0 Å². The van der Waals surface area contributed by atoms with Crippen LogP contribution in [0.25, 0.3) is 0 Å². The first kappa shape index (κ1) is 12.2. The van der Waals surface area contributed by atoms with E-state index in [1.807, 2.05) is 24.7 Å². The van der Waals surface area contributed by atoms with E-state index in [0.717, 1.165) is 18.5 Å². The van der Waals surface area contributed by atoms with Gasteiger partial charge in [-0.05, 0) is 19.3 Å². The fourth-order valence-electron chi connectivity index (χ4n) is 1.50. The Hall–Kier alpha value is -0.870. The molecule has 1 N–H and O–H groups in total. The molecule has 0 aliphatic carbocycles. The van der Waals surface area contributed by atoms with Crippen molar-refractivity contribution in [1.82, 2.24) is 9.78 Å². The first-order valence-electron chi connectivity index (χ1n) is 5.38. The second-order valence-corrected chi connectivity index (χ2v) is 3.83. The molecule has 1 aromatic heterocycles. The highest BCUT2D eigenvalue weighted by molar-refractivity contribution is 5.08. The summed E-state index contributed by atoms with van der Waals surface area (Å²) in [4.78, 5) is 0. The predicted octanol–water partition coefficient (Wildman–Crippen LogP) is 1.61. The van der Waals surface area contributed by atoms with Crippen LogP contribution in [0.3, 0.4) is 0 Å². The molecule has 0 aliphatic heterocycles. The van der Waals surface area contributed by atoms with Crippen molar-refractivity contribution in [2.24, 2.45) is 5.92 Å². The van der Waals surface area contributed by atoms with E-state index in [2.05, 4.69) is 5.10 Å². The van der Waals surface area contributed by atoms with Gasteiger partial charge in [-0.3, -0.25) is 4.68 Å². The van der Waals surface area contributed by atoms with Crippen molar-refractivity contribution >= 4 is 0 Å². The zero-order valence-corrected chi connectivity index (χ0v) is 9.68. The number of methoxy groups -OCH3 is 1. The smallest absolute Gasteiger partial charge is 0.0846 e. The highest BCUT2D eigenvalue weighted by Gasteiger charge is 2.17. The van der Waals surface area contributed by atoms with Crippen LogP contribution in [-0.4, -0.2) is 28.6 Å². The van der Waals surface area contributed by atoms with Crippen LogP contribution in [-0.2, 0) is 11.3 Å². The molecule has 1 aromatic rings. The van der Waals surface area contributed by atoms with E-state index in [-0.39, 0.29) is 5.92 Å². The molecule has 0 spiro atoms. The summed E-state index contributed by atoms with van der Waals surface area (Å²) >= 11 is 0. The van der Waals surface area contributed by atoms with E-state index in [9.17, 15) is 5.11 Å². The van der Waals surface area contributed by atoms with Gasteiger partial charge in [-0.15, -0.1) is 0 Å². The molecular weight excluding hydrogens is 192 g/mol. The maximum atomic E-state index is 10.0. The Morgan fingerprint density at radius 1 is 1.60 bits per heavy atom. The summed E-state index contributed by atoms with van der Waals surface area (Å²) < 4.78 is 6.81. The van der Waals surface area contributed by atoms with Gasteiger partial charge in [0.1, 0.15) is 0 Å². The van der Waals surface area contributed by atoms with Crippen LogP contribution in [0, 0.1) is 5.92 Å². The molecule has 4 nitrogen and oxygen atoms in total. The van der Waals surface area contributed by atoms with Gasteiger partial charge in [0.15, 0.2) is 0 Å². The first-order chi connectivity index (χ1) is 7.19. The summed E-state index contributed by atoms with van der Waals surface area (Å²) in [7, 11) is 1.67. The Bertz CT molecular complexity index is 286. The Morgan fingerprint density at radius 3 is 2.87 bits per heavy atom. The van der Waals surface area contributed by atoms with Gasteiger partial charge >= 0.3 is 0 Å². The average Bonchev–Trinajstić information content (AvgIpc) is 2.73. The predicted molar refractivity (Wildman–Crippen MR) is 58.5 cm³/mol. The largest absolute Gasteiger partial charge is 0.388 e. The summed E-state index contributed by atoms with van der Waals surface area (Å²) in [6.07, 6.45) is 4.04. The summed E-state index contributed by atoms with van der Waals surface area (Å²) in [5.41, 5.74) is 0.889. The van der Waals surface area contributed by atoms with Gasteiger partial charge in [0.25, 0.3) is 0 Å². The third-order valence-corrected chi connectivity index (χ3v) is 2.64. The molecule has 1 rings (SSSR count). The number of rotatable bonds is 6. The molecule has 86 valence electrons. The first-order valence-corrected chi connectivity index (χ1v) is 5.38. The normalized spacial score (nSPS) is 15.2. The van der Waals surface area contributed by atoms with Gasteiger partial charge in [0, 0.05) is 32.0 Å². The highest BCUT2D eigenvalue weighted by atomic mass is 16.5. The fourth-order valence-corrected chi connectivity index (χ4v) is 1.50. The Morgan fingerprint density at radius 2 is 2.33 bits per heavy atom. The van der Waals surface area contributed by atoms with Crippen molar-refractivity contribution < 1.29 is 9.84 Å². The summed E-state index contributed by atoms with van der Waals surface area (Å²) in [6.45, 7) is 5.56. The molecule has 0 aromatic carbocycles. The van der Waals surface area contributed by atoms with Crippen molar-refractivity contribution in [3.8, 4) is 0 Å². The standard InChI is InChI=1S/C11H20N2O2/c1-4-13-8-10(7-12-13)11(14)9(2)5-6-15-3/h7-9,11,14H,4-6H2,1-3H3. The van der Waals surface area contributed by atoms with Gasteiger partial charge in [0.2, 0.25) is 0 Å². The second kappa shape index (κ2) is 5.88. The molecule has 15 heavy (non-hydrogen) atoms. The summed E-state index contributed by atoms with van der Waals surface area (Å²) in [5.74, 6) is 0.194. The molecule has 4 heteroatoms. The topological polar surface area (TPSA) is 47.3 Å². The molecule has 0 bridgehead atoms. The number of aromatic nitrogens is 2. The number of hydrogen-bond donors (Lipinski definition) is 1. The van der Waals surface area contributed by atoms with Gasteiger partial charge in [-0.2, -0.15) is 5.10 Å². The third kappa shape index (κ3) is 3.32. The number of aliphatic hydroxyl groups excluding tert-OH is 1. The third-order valence-electron chi connectivity index (χ3n) is 2.64. The molecule has 0 saturated heterocycles. The van der Waals surface area contributed by atoms with Gasteiger partial charge in [0.05, 0.1) is 12.3 Å². The van der Waals surface area contributed by atoms with E-state index in [1.54, 1.807) is 13.3 Å². The maximum Gasteiger partial charge on any atom is 0.0846 e. The van der Waals surface area contributed by atoms with E-state index in [0.29, 0.717) is 6.61 Å². The van der Waals surface area contributed by atoms with Crippen molar-refractivity contribution in [2.75, 3.05) is 13.7 Å². The minimum absolute atomic E-state index is 0.194. The lowest BCUT2D eigenvalue weighted by Gasteiger charge is -2.16. The van der Waals surface area contributed by atoms with E-state index < -0.39 is 6.10 Å². The maximum absolute atomic E-state index is 10.0. The highest BCUT2D eigenvalue weighted by Crippen LogP contribution is 2.23. The molecule has 0 aliphatic rings. The minimum atomic E-state index is -0.444. The second-order valence-electron chi connectivity index (χ2n) is 3.83. The molecule has 0 fully saturated rings. The Balaban J connectivity index is 2.54. The van der Waals surface area contributed by atoms with Crippen LogP contribution in [0.15, 0.2) is 12.4 Å². The molecule has 2 unspecified atom stereocenters. The van der Waals surface area contributed by atoms with Gasteiger partial charge < -0.3 is 9.84 Å². The average molecular weight is 212 g/mol. The molecule has 0 radical (unpaired) electrons. The van der Waals surface area contributed by atoms with E-state index in [1.165, 1.54) is 0 Å². The monoisotopic (exact) mass is 212 g/mol. The van der Waals surface area contributed by atoms with Gasteiger partial charge in [-0.25, -0.2) is 0 Å². The van der Waals surface area contributed by atoms with Gasteiger partial charge in [-0.1, -0.05) is 6.92 Å². The summed E-state index contributed by atoms with van der Waals surface area (Å²) in [5, 5.41) is 14.2. The van der Waals surface area contributed by atoms with Crippen LogP contribution in [0.4, 0.5) is 0 Å². The zero-order valence-electron chi connectivity index (χ0n) is 9.68. The van der Waals surface area contributed by atoms with Crippen molar-refractivity contribution in [3.63, 3.8) is 0 Å². The van der Waals surface area contributed by atoms with E-state index in [4.69, 9.17) is 4.74 Å². The quantitative estimate of drug-likeness (QED) is 0.779. The lowest BCUT2D eigenvalue weighted by Crippen LogP contribution is -2.11. The molecule has 0 amide bonds. The molecule has 1 heterocycles. The number of aryl methyl sites for hydroxylation is 1. The van der Waals surface area contributed by atoms with Crippen LogP contribution in [0.2, 0.25) is 0 Å². The lowest BCUT2D eigenvalue weighted by atomic mass is 9.97. The number of ether oxygens (including phenoxy) is 1. The van der Waals surface area contributed by atoms with Crippen LogP contribution in [0.1, 0.15) is 31.9 Å². The van der Waals surface area contributed by atoms with Crippen molar-refractivity contribution in [2.45, 2.75) is 32.9 Å². The lowest BCUT2D eigenvalue weighted by molar-refractivity contribution is 0.0885. The number of aliphatic hydroxyl groups is 1. The summed E-state index contributed by atoms with van der Waals surface area (Å²) in [6, 6.07) is 0. The SMILES string of the molecule is CCn1cc(C(O)C(C)CCOC)cn1. The molecular formula is C11H20N2O2. The minimum Gasteiger partial charge on any atom is -0.388 e. The molecule has 0 saturated carbocycles. The zero-order chi connectivity index (χ0) is 11.3. The Kier molecular flexibility index (Phi) is 4.78.